The Balaban J connectivity index is 3.32. The molecule has 0 atom stereocenters. The molecule has 72 valence electrons. The Morgan fingerprint density at radius 3 is 2.54 bits per heavy atom. The van der Waals surface area contributed by atoms with Crippen molar-refractivity contribution in [2.24, 2.45) is 0 Å². The summed E-state index contributed by atoms with van der Waals surface area (Å²) in [5.41, 5.74) is -0.786. The molecule has 0 aliphatic heterocycles. The highest BCUT2D eigenvalue weighted by atomic mass is 19.3. The topological polar surface area (TPSA) is 22.1 Å². The predicted octanol–water partition coefficient (Wildman–Crippen LogP) is 2.48. The zero-order valence-corrected chi connectivity index (χ0v) is 7.14. The molecule has 2 nitrogen and oxygen atoms in total. The normalized spacial score (nSPS) is 10.6. The standard InChI is InChI=1S/C8H8F3NO/c1-4-7(9)6(8(10)11)5(13-2)3-12-4/h3,8H,1-2H3. The summed E-state index contributed by atoms with van der Waals surface area (Å²) in [5.74, 6) is -1.23. The van der Waals surface area contributed by atoms with Gasteiger partial charge in [0.1, 0.15) is 5.75 Å². The summed E-state index contributed by atoms with van der Waals surface area (Å²) >= 11 is 0. The van der Waals surface area contributed by atoms with Gasteiger partial charge in [-0.2, -0.15) is 0 Å². The molecule has 0 N–H and O–H groups in total. The van der Waals surface area contributed by atoms with Gasteiger partial charge in [-0.1, -0.05) is 0 Å². The van der Waals surface area contributed by atoms with Crippen molar-refractivity contribution in [2.75, 3.05) is 7.11 Å². The molecule has 0 aliphatic rings. The zero-order valence-electron chi connectivity index (χ0n) is 7.14. The van der Waals surface area contributed by atoms with Crippen molar-refractivity contribution in [3.05, 3.63) is 23.3 Å². The van der Waals surface area contributed by atoms with Gasteiger partial charge in [0.25, 0.3) is 6.43 Å². The van der Waals surface area contributed by atoms with E-state index in [0.717, 1.165) is 6.20 Å². The third-order valence-electron chi connectivity index (χ3n) is 1.63. The van der Waals surface area contributed by atoms with Crippen molar-refractivity contribution in [3.63, 3.8) is 0 Å². The summed E-state index contributed by atoms with van der Waals surface area (Å²) < 4.78 is 42.3. The van der Waals surface area contributed by atoms with E-state index < -0.39 is 17.8 Å². The Kier molecular flexibility index (Phi) is 2.75. The first-order chi connectivity index (χ1) is 6.07. The Morgan fingerprint density at radius 1 is 1.46 bits per heavy atom. The highest BCUT2D eigenvalue weighted by molar-refractivity contribution is 5.34. The number of hydrogen-bond donors (Lipinski definition) is 0. The SMILES string of the molecule is COc1cnc(C)c(F)c1C(F)F. The smallest absolute Gasteiger partial charge is 0.270 e. The highest BCUT2D eigenvalue weighted by Gasteiger charge is 2.21. The van der Waals surface area contributed by atoms with Crippen LogP contribution in [-0.2, 0) is 0 Å². The summed E-state index contributed by atoms with van der Waals surface area (Å²) in [4.78, 5) is 3.56. The van der Waals surface area contributed by atoms with Gasteiger partial charge in [0.2, 0.25) is 0 Å². The molecular formula is C8H8F3NO. The first-order valence-electron chi connectivity index (χ1n) is 3.55. The van der Waals surface area contributed by atoms with Gasteiger partial charge in [0, 0.05) is 0 Å². The molecule has 0 saturated heterocycles. The van der Waals surface area contributed by atoms with Gasteiger partial charge in [0.05, 0.1) is 24.6 Å². The van der Waals surface area contributed by atoms with Gasteiger partial charge in [-0.3, -0.25) is 4.98 Å². The van der Waals surface area contributed by atoms with Crippen LogP contribution < -0.4 is 4.74 Å². The monoisotopic (exact) mass is 191 g/mol. The Labute approximate surface area is 73.4 Å². The number of methoxy groups -OCH3 is 1. The first-order valence-corrected chi connectivity index (χ1v) is 3.55. The lowest BCUT2D eigenvalue weighted by Crippen LogP contribution is -2.00. The molecule has 0 saturated carbocycles. The molecule has 0 radical (unpaired) electrons. The average molecular weight is 191 g/mol. The number of aromatic nitrogens is 1. The van der Waals surface area contributed by atoms with Crippen LogP contribution in [0.4, 0.5) is 13.2 Å². The van der Waals surface area contributed by atoms with Crippen LogP contribution in [0.2, 0.25) is 0 Å². The second kappa shape index (κ2) is 3.64. The van der Waals surface area contributed by atoms with E-state index >= 15 is 0 Å². The zero-order chi connectivity index (χ0) is 10.0. The summed E-state index contributed by atoms with van der Waals surface area (Å²) in [5, 5.41) is 0. The summed E-state index contributed by atoms with van der Waals surface area (Å²) in [6, 6.07) is 0. The molecule has 0 bridgehead atoms. The number of pyridine rings is 1. The van der Waals surface area contributed by atoms with Gasteiger partial charge < -0.3 is 4.74 Å². The minimum atomic E-state index is -2.89. The molecule has 0 spiro atoms. The molecule has 1 heterocycles. The molecule has 0 amide bonds. The van der Waals surface area contributed by atoms with Crippen LogP contribution in [0, 0.1) is 12.7 Å². The van der Waals surface area contributed by atoms with Crippen LogP contribution in [0.1, 0.15) is 17.7 Å². The second-order valence-corrected chi connectivity index (χ2v) is 2.44. The highest BCUT2D eigenvalue weighted by Crippen LogP contribution is 2.31. The van der Waals surface area contributed by atoms with Gasteiger partial charge in [-0.25, -0.2) is 13.2 Å². The first kappa shape index (κ1) is 9.83. The van der Waals surface area contributed by atoms with Crippen molar-refractivity contribution in [2.45, 2.75) is 13.3 Å². The molecule has 1 aromatic heterocycles. The molecule has 1 rings (SSSR count). The van der Waals surface area contributed by atoms with E-state index in [0.29, 0.717) is 0 Å². The Hall–Kier alpha value is -1.26. The van der Waals surface area contributed by atoms with E-state index in [1.54, 1.807) is 0 Å². The number of aryl methyl sites for hydroxylation is 1. The van der Waals surface area contributed by atoms with Crippen molar-refractivity contribution in [1.29, 1.82) is 0 Å². The number of nitrogens with zero attached hydrogens (tertiary/aromatic N) is 1. The fourth-order valence-corrected chi connectivity index (χ4v) is 0.951. The third kappa shape index (κ3) is 1.74. The molecule has 5 heteroatoms. The summed E-state index contributed by atoms with van der Waals surface area (Å²) in [6.45, 7) is 1.32. The van der Waals surface area contributed by atoms with Crippen molar-refractivity contribution < 1.29 is 17.9 Å². The van der Waals surface area contributed by atoms with Gasteiger partial charge >= 0.3 is 0 Å². The summed E-state index contributed by atoms with van der Waals surface area (Å²) in [7, 11) is 1.19. The molecule has 1 aromatic rings. The average Bonchev–Trinajstić information content (AvgIpc) is 2.08. The van der Waals surface area contributed by atoms with E-state index in [9.17, 15) is 13.2 Å². The van der Waals surface area contributed by atoms with E-state index in [4.69, 9.17) is 0 Å². The number of halogens is 3. The summed E-state index contributed by atoms with van der Waals surface area (Å²) in [6.07, 6.45) is -1.81. The fourth-order valence-electron chi connectivity index (χ4n) is 0.951. The number of alkyl halides is 2. The molecule has 0 unspecified atom stereocenters. The van der Waals surface area contributed by atoms with E-state index in [-0.39, 0.29) is 11.4 Å². The lowest BCUT2D eigenvalue weighted by molar-refractivity contribution is 0.141. The molecule has 13 heavy (non-hydrogen) atoms. The van der Waals surface area contributed by atoms with Gasteiger partial charge in [0.15, 0.2) is 5.82 Å². The van der Waals surface area contributed by atoms with Crippen molar-refractivity contribution in [3.8, 4) is 5.75 Å². The number of ether oxygens (including phenoxy) is 1. The molecular weight excluding hydrogens is 183 g/mol. The Bertz CT molecular complexity index is 315. The van der Waals surface area contributed by atoms with Crippen LogP contribution in [0.5, 0.6) is 5.75 Å². The maximum absolute atomic E-state index is 13.1. The molecule has 0 aromatic carbocycles. The maximum Gasteiger partial charge on any atom is 0.270 e. The molecule has 0 aliphatic carbocycles. The largest absolute Gasteiger partial charge is 0.495 e. The van der Waals surface area contributed by atoms with Crippen LogP contribution >= 0.6 is 0 Å². The van der Waals surface area contributed by atoms with Crippen molar-refractivity contribution in [1.82, 2.24) is 4.98 Å². The van der Waals surface area contributed by atoms with Crippen LogP contribution in [0.25, 0.3) is 0 Å². The number of rotatable bonds is 2. The quantitative estimate of drug-likeness (QED) is 0.716. The molecule has 0 fully saturated rings. The Morgan fingerprint density at radius 2 is 2.08 bits per heavy atom. The predicted molar refractivity (Wildman–Crippen MR) is 40.4 cm³/mol. The minimum Gasteiger partial charge on any atom is -0.495 e. The fraction of sp³-hybridized carbons (Fsp3) is 0.375. The van der Waals surface area contributed by atoms with E-state index in [1.807, 2.05) is 0 Å². The van der Waals surface area contributed by atoms with E-state index in [1.165, 1.54) is 14.0 Å². The second-order valence-electron chi connectivity index (χ2n) is 2.44. The van der Waals surface area contributed by atoms with Crippen LogP contribution in [-0.4, -0.2) is 12.1 Å². The minimum absolute atomic E-state index is 0.0592. The number of hydrogen-bond acceptors (Lipinski definition) is 2. The van der Waals surface area contributed by atoms with Crippen molar-refractivity contribution >= 4 is 0 Å². The van der Waals surface area contributed by atoms with E-state index in [2.05, 4.69) is 9.72 Å². The van der Waals surface area contributed by atoms with Gasteiger partial charge in [-0.15, -0.1) is 0 Å². The van der Waals surface area contributed by atoms with Crippen LogP contribution in [0.15, 0.2) is 6.20 Å². The lowest BCUT2D eigenvalue weighted by Gasteiger charge is -2.08. The third-order valence-corrected chi connectivity index (χ3v) is 1.63. The van der Waals surface area contributed by atoms with Crippen LogP contribution in [0.3, 0.4) is 0 Å². The maximum atomic E-state index is 13.1. The van der Waals surface area contributed by atoms with Gasteiger partial charge in [-0.05, 0) is 6.92 Å². The lowest BCUT2D eigenvalue weighted by atomic mass is 10.2.